The van der Waals surface area contributed by atoms with E-state index >= 15 is 0 Å². The largest absolute Gasteiger partial charge is 1.00 e. The van der Waals surface area contributed by atoms with Crippen LogP contribution in [-0.2, 0) is 32.3 Å². The minimum atomic E-state index is 0. The zero-order chi connectivity index (χ0) is 11.8. The number of halogens is 2. The number of para-hydroxylation sites is 1. The standard InChI is InChI=1S/C16H14O.2ClH.Hf/c1-11-9-12-5-4-7-13(15(12)10-11)14-6-2-3-8-16(14)17;;;/h2-8,10,17H,9H2,1H3;2*1H;/p-2. The van der Waals surface area contributed by atoms with Gasteiger partial charge in [-0.3, -0.25) is 0 Å². The van der Waals surface area contributed by atoms with Crippen LogP contribution in [0.25, 0.3) is 17.2 Å². The van der Waals surface area contributed by atoms with Gasteiger partial charge in [-0.1, -0.05) is 48.0 Å². The minimum Gasteiger partial charge on any atom is -1.00 e. The van der Waals surface area contributed by atoms with Crippen molar-refractivity contribution in [3.63, 3.8) is 0 Å². The van der Waals surface area contributed by atoms with Gasteiger partial charge < -0.3 is 29.9 Å². The van der Waals surface area contributed by atoms with Crippen LogP contribution < -0.4 is 24.8 Å². The maximum absolute atomic E-state index is 9.94. The summed E-state index contributed by atoms with van der Waals surface area (Å²) in [6.07, 6.45) is 3.24. The fraction of sp³-hybridized carbons (Fsp3) is 0.125. The number of hydrogen-bond acceptors (Lipinski definition) is 1. The summed E-state index contributed by atoms with van der Waals surface area (Å²) in [5.41, 5.74) is 6.02. The quantitative estimate of drug-likeness (QED) is 0.479. The van der Waals surface area contributed by atoms with E-state index in [1.54, 1.807) is 6.07 Å². The monoisotopic (exact) mass is 472 g/mol. The molecule has 2 aromatic carbocycles. The molecule has 20 heavy (non-hydrogen) atoms. The average molecular weight is 472 g/mol. The Bertz CT molecular complexity index is 624. The summed E-state index contributed by atoms with van der Waals surface area (Å²) in [5, 5.41) is 9.94. The van der Waals surface area contributed by atoms with E-state index in [-0.39, 0.29) is 50.7 Å². The van der Waals surface area contributed by atoms with Crippen LogP contribution in [-0.4, -0.2) is 5.11 Å². The Morgan fingerprint density at radius 3 is 2.25 bits per heavy atom. The Kier molecular flexibility index (Phi) is 7.79. The molecule has 0 unspecified atom stereocenters. The molecule has 0 atom stereocenters. The Labute approximate surface area is 150 Å². The van der Waals surface area contributed by atoms with Gasteiger partial charge in [-0.05, 0) is 36.1 Å². The molecule has 0 saturated carbocycles. The molecule has 0 fully saturated rings. The Hall–Kier alpha value is -0.570. The van der Waals surface area contributed by atoms with Crippen LogP contribution in [0.2, 0.25) is 0 Å². The molecule has 1 nitrogen and oxygen atoms in total. The van der Waals surface area contributed by atoms with Crippen molar-refractivity contribution in [1.29, 1.82) is 0 Å². The molecule has 1 aliphatic carbocycles. The van der Waals surface area contributed by atoms with E-state index in [2.05, 4.69) is 31.2 Å². The summed E-state index contributed by atoms with van der Waals surface area (Å²) in [5.74, 6) is 0.346. The molecule has 0 bridgehead atoms. The summed E-state index contributed by atoms with van der Waals surface area (Å²) >= 11 is 0. The number of phenols is 1. The van der Waals surface area contributed by atoms with Crippen LogP contribution in [0.15, 0.2) is 48.0 Å². The molecule has 0 saturated heterocycles. The van der Waals surface area contributed by atoms with Gasteiger partial charge in [0, 0.05) is 31.4 Å². The molecule has 0 aliphatic heterocycles. The molecule has 104 valence electrons. The molecule has 4 heteroatoms. The van der Waals surface area contributed by atoms with Gasteiger partial charge in [0.15, 0.2) is 0 Å². The van der Waals surface area contributed by atoms with Crippen molar-refractivity contribution in [2.75, 3.05) is 0 Å². The second kappa shape index (κ2) is 8.02. The van der Waals surface area contributed by atoms with Crippen molar-refractivity contribution >= 4 is 6.08 Å². The van der Waals surface area contributed by atoms with Gasteiger partial charge in [-0.25, -0.2) is 0 Å². The van der Waals surface area contributed by atoms with Crippen molar-refractivity contribution in [3.05, 3.63) is 59.2 Å². The molecule has 0 amide bonds. The predicted octanol–water partition coefficient (Wildman–Crippen LogP) is -1.98. The van der Waals surface area contributed by atoms with Crippen LogP contribution in [0.5, 0.6) is 5.75 Å². The van der Waals surface area contributed by atoms with Crippen LogP contribution in [0.1, 0.15) is 18.1 Å². The number of allylic oxidation sites excluding steroid dienone is 1. The number of aromatic hydroxyl groups is 1. The van der Waals surface area contributed by atoms with E-state index < -0.39 is 0 Å². The predicted molar refractivity (Wildman–Crippen MR) is 70.9 cm³/mol. The van der Waals surface area contributed by atoms with Gasteiger partial charge >= 0.3 is 0 Å². The number of hydrogen-bond donors (Lipinski definition) is 1. The number of fused-ring (bicyclic) bond motifs is 1. The molecule has 0 heterocycles. The van der Waals surface area contributed by atoms with Crippen molar-refractivity contribution in [2.24, 2.45) is 0 Å². The normalized spacial score (nSPS) is 11.3. The van der Waals surface area contributed by atoms with Crippen molar-refractivity contribution in [3.8, 4) is 16.9 Å². The summed E-state index contributed by atoms with van der Waals surface area (Å²) < 4.78 is 0. The van der Waals surface area contributed by atoms with Gasteiger partial charge in [-0.15, -0.1) is 0 Å². The van der Waals surface area contributed by atoms with Crippen LogP contribution >= 0.6 is 0 Å². The number of phenolic OH excluding ortho intramolecular Hbond substituents is 1. The molecular formula is C16H14Cl2HfO-2. The molecule has 0 radical (unpaired) electrons. The van der Waals surface area contributed by atoms with Crippen LogP contribution in [0, 0.1) is 0 Å². The van der Waals surface area contributed by atoms with Crippen molar-refractivity contribution in [2.45, 2.75) is 13.3 Å². The van der Waals surface area contributed by atoms with E-state index in [1.807, 2.05) is 18.2 Å². The average Bonchev–Trinajstić information content (AvgIpc) is 2.70. The number of rotatable bonds is 1. The second-order valence-electron chi connectivity index (χ2n) is 4.56. The Morgan fingerprint density at radius 2 is 1.55 bits per heavy atom. The maximum atomic E-state index is 9.94. The molecule has 0 spiro atoms. The van der Waals surface area contributed by atoms with Crippen LogP contribution in [0.3, 0.4) is 0 Å². The zero-order valence-corrected chi connectivity index (χ0v) is 16.1. The first-order valence-corrected chi connectivity index (χ1v) is 5.83. The van der Waals surface area contributed by atoms with Gasteiger partial charge in [0.2, 0.25) is 0 Å². The SMILES string of the molecule is CC1=Cc2c(cccc2-c2ccccc2O)C1.[Cl-].[Cl-].[Hf]. The van der Waals surface area contributed by atoms with E-state index in [0.717, 1.165) is 17.5 Å². The molecule has 1 aliphatic rings. The summed E-state index contributed by atoms with van der Waals surface area (Å²) in [6.45, 7) is 2.15. The summed E-state index contributed by atoms with van der Waals surface area (Å²) in [4.78, 5) is 0. The van der Waals surface area contributed by atoms with Crippen molar-refractivity contribution in [1.82, 2.24) is 0 Å². The molecular weight excluding hydrogens is 458 g/mol. The third-order valence-electron chi connectivity index (χ3n) is 3.25. The van der Waals surface area contributed by atoms with Crippen molar-refractivity contribution < 1.29 is 55.8 Å². The molecule has 2 aromatic rings. The third kappa shape index (κ3) is 3.55. The number of benzene rings is 2. The maximum Gasteiger partial charge on any atom is 0.123 e. The topological polar surface area (TPSA) is 20.2 Å². The molecule has 3 rings (SSSR count). The second-order valence-corrected chi connectivity index (χ2v) is 4.56. The Balaban J connectivity index is 0.00000120. The summed E-state index contributed by atoms with van der Waals surface area (Å²) in [7, 11) is 0. The first-order chi connectivity index (χ1) is 8.25. The smallest absolute Gasteiger partial charge is 0.123 e. The van der Waals surface area contributed by atoms with E-state index in [1.165, 1.54) is 16.7 Å². The van der Waals surface area contributed by atoms with Gasteiger partial charge in [0.25, 0.3) is 0 Å². The third-order valence-corrected chi connectivity index (χ3v) is 3.25. The first kappa shape index (κ1) is 19.4. The van der Waals surface area contributed by atoms with Gasteiger partial charge in [0.05, 0.1) is 0 Å². The fourth-order valence-corrected chi connectivity index (χ4v) is 2.47. The first-order valence-electron chi connectivity index (χ1n) is 5.83. The summed E-state index contributed by atoms with van der Waals surface area (Å²) in [6, 6.07) is 13.8. The molecule has 1 N–H and O–H groups in total. The zero-order valence-electron chi connectivity index (χ0n) is 11.0. The minimum absolute atomic E-state index is 0. The molecule has 0 aromatic heterocycles. The Morgan fingerprint density at radius 1 is 0.900 bits per heavy atom. The van der Waals surface area contributed by atoms with Gasteiger partial charge in [-0.2, -0.15) is 0 Å². The van der Waals surface area contributed by atoms with Crippen LogP contribution in [0.4, 0.5) is 0 Å². The fourth-order valence-electron chi connectivity index (χ4n) is 2.47. The van der Waals surface area contributed by atoms with Gasteiger partial charge in [0.1, 0.15) is 5.75 Å². The van der Waals surface area contributed by atoms with E-state index in [0.29, 0.717) is 5.75 Å². The van der Waals surface area contributed by atoms with E-state index in [9.17, 15) is 5.11 Å². The van der Waals surface area contributed by atoms with E-state index in [4.69, 9.17) is 0 Å².